The number of carbonyl (C=O) groups is 4. The highest BCUT2D eigenvalue weighted by Crippen LogP contribution is 2.41. The van der Waals surface area contributed by atoms with Gasteiger partial charge >= 0.3 is 5.97 Å². The van der Waals surface area contributed by atoms with Crippen molar-refractivity contribution < 1.29 is 38.5 Å². The number of hydrazine groups is 1. The van der Waals surface area contributed by atoms with Gasteiger partial charge < -0.3 is 34.1 Å². The lowest BCUT2D eigenvalue weighted by Gasteiger charge is -2.37. The molecule has 7 rings (SSSR count). The van der Waals surface area contributed by atoms with Crippen LogP contribution in [-0.4, -0.2) is 106 Å². The number of likely N-dealkylation sites (N-methyl/N-ethyl adjacent to an activating group) is 1. The van der Waals surface area contributed by atoms with Crippen molar-refractivity contribution >= 4 is 34.6 Å². The van der Waals surface area contributed by atoms with E-state index in [2.05, 4.69) is 53.2 Å². The smallest absolute Gasteiger partial charge is 0.324 e. The molecule has 62 heavy (non-hydrogen) atoms. The van der Waals surface area contributed by atoms with E-state index >= 15 is 0 Å². The number of ether oxygens (including phenoxy) is 3. The Morgan fingerprint density at radius 3 is 2.63 bits per heavy atom. The lowest BCUT2D eigenvalue weighted by atomic mass is 9.84. The van der Waals surface area contributed by atoms with Crippen LogP contribution < -0.4 is 16.5 Å². The highest BCUT2D eigenvalue weighted by atomic mass is 16.5. The molecule has 0 aliphatic carbocycles. The number of cyclic esters (lactones) is 1. The predicted molar refractivity (Wildman–Crippen MR) is 234 cm³/mol. The molecule has 5 N–H and O–H groups in total. The second-order valence-electron chi connectivity index (χ2n) is 18.1. The van der Waals surface area contributed by atoms with Gasteiger partial charge in [-0.3, -0.25) is 34.9 Å². The number of nitrogens with one attached hydrogen (secondary N) is 2. The first-order chi connectivity index (χ1) is 29.5. The van der Waals surface area contributed by atoms with Crippen LogP contribution in [0.4, 0.5) is 0 Å². The van der Waals surface area contributed by atoms with Gasteiger partial charge in [0.05, 0.1) is 18.9 Å². The fraction of sp³-hybridized carbons (Fsp3) is 0.511. The number of rotatable bonds is 9. The Kier molecular flexibility index (Phi) is 13.1. The van der Waals surface area contributed by atoms with Crippen LogP contribution in [0.3, 0.4) is 0 Å². The van der Waals surface area contributed by atoms with Crippen molar-refractivity contribution in [2.75, 3.05) is 33.9 Å². The Bertz CT molecular complexity index is 2330. The number of hydrogen-bond donors (Lipinski definition) is 4. The summed E-state index contributed by atoms with van der Waals surface area (Å²) in [5.74, 6) is -2.39. The van der Waals surface area contributed by atoms with Crippen LogP contribution in [0.5, 0.6) is 5.75 Å². The summed E-state index contributed by atoms with van der Waals surface area (Å²) in [4.78, 5) is 62.3. The first kappa shape index (κ1) is 44.7. The average Bonchev–Trinajstić information content (AvgIpc) is 3.82. The van der Waals surface area contributed by atoms with Gasteiger partial charge in [-0.15, -0.1) is 0 Å². The van der Waals surface area contributed by atoms with Crippen LogP contribution in [-0.2, 0) is 59.4 Å². The van der Waals surface area contributed by atoms with Crippen molar-refractivity contribution in [2.24, 2.45) is 17.1 Å². The SMILES string of the molecule is CCn1c(-c2cnccc2COC)c2c3cc(ccc31)-c1cc(O)cc(c1)C[C@H](NC(=O)C(C(C)C)N(C)C(=O)[C@@]1(N)CCCO1)C(=O)N1CCC[C@H](N1)C(=O)OCC(C)(C)C2. The van der Waals surface area contributed by atoms with Crippen LogP contribution in [0.25, 0.3) is 33.3 Å². The fourth-order valence-corrected chi connectivity index (χ4v) is 9.37. The summed E-state index contributed by atoms with van der Waals surface area (Å²) < 4.78 is 19.6. The number of methoxy groups -OCH3 is 1. The summed E-state index contributed by atoms with van der Waals surface area (Å²) >= 11 is 0. The molecule has 0 radical (unpaired) electrons. The lowest BCUT2D eigenvalue weighted by molar-refractivity contribution is -0.158. The zero-order chi connectivity index (χ0) is 44.5. The number of aromatic hydroxyl groups is 1. The van der Waals surface area contributed by atoms with Gasteiger partial charge in [0.1, 0.15) is 23.9 Å². The van der Waals surface area contributed by atoms with Crippen LogP contribution >= 0.6 is 0 Å². The molecule has 6 bridgehead atoms. The maximum Gasteiger partial charge on any atom is 0.324 e. The molecule has 2 fully saturated rings. The number of esters is 1. The molecule has 0 spiro atoms. The summed E-state index contributed by atoms with van der Waals surface area (Å²) in [6, 6.07) is 10.4. The molecule has 15 nitrogen and oxygen atoms in total. The molecule has 2 aromatic carbocycles. The van der Waals surface area contributed by atoms with Gasteiger partial charge in [0, 0.05) is 81.0 Å². The molecule has 0 saturated carbocycles. The van der Waals surface area contributed by atoms with Gasteiger partial charge in [0.25, 0.3) is 11.8 Å². The second kappa shape index (κ2) is 18.2. The van der Waals surface area contributed by atoms with E-state index in [9.17, 15) is 24.3 Å². The van der Waals surface area contributed by atoms with Crippen molar-refractivity contribution in [1.29, 1.82) is 0 Å². The first-order valence-corrected chi connectivity index (χ1v) is 21.7. The quantitative estimate of drug-likeness (QED) is 0.169. The number of pyridine rings is 1. The van der Waals surface area contributed by atoms with Crippen molar-refractivity contribution in [2.45, 2.75) is 110 Å². The number of carbonyl (C=O) groups excluding carboxylic acids is 4. The third-order valence-electron chi connectivity index (χ3n) is 12.4. The number of nitrogens with zero attached hydrogens (tertiary/aromatic N) is 4. The molecule has 3 aliphatic heterocycles. The largest absolute Gasteiger partial charge is 0.508 e. The number of benzene rings is 2. The minimum Gasteiger partial charge on any atom is -0.508 e. The third kappa shape index (κ3) is 9.08. The fourth-order valence-electron chi connectivity index (χ4n) is 9.37. The Balaban J connectivity index is 1.34. The number of amides is 3. The molecule has 15 heteroatoms. The van der Waals surface area contributed by atoms with Crippen LogP contribution in [0, 0.1) is 11.3 Å². The van der Waals surface area contributed by atoms with E-state index < -0.39 is 53.0 Å². The standard InChI is InChI=1S/C47H61N7O8/c1-8-53-39-13-12-30-23-34(39)35(41(53)36-25-49-16-14-31(36)26-60-7)24-46(4,5)27-61-44(58)37-11-9-17-54(51-37)43(57)38(21-29-19-32(30)22-33(55)20-29)50-42(56)40(28(2)3)52(6)45(59)47(48)15-10-18-62-47/h12-14,16,19-20,22-23,25,28,37-38,40,51,55H,8-11,15,17-18,21,24,26-27,48H2,1-7H3,(H,50,56)/t37-,38-,40?,47+/m0/s1. The highest BCUT2D eigenvalue weighted by Gasteiger charge is 2.45. The molecule has 3 aliphatic rings. The van der Waals surface area contributed by atoms with E-state index in [0.29, 0.717) is 57.4 Å². The normalized spacial score (nSPS) is 22.3. The molecule has 4 atom stereocenters. The van der Waals surface area contributed by atoms with Crippen LogP contribution in [0.1, 0.15) is 77.0 Å². The molecular weight excluding hydrogens is 791 g/mol. The Morgan fingerprint density at radius 1 is 1.13 bits per heavy atom. The Hall–Kier alpha value is -5.35. The predicted octanol–water partition coefficient (Wildman–Crippen LogP) is 4.84. The molecule has 1 unspecified atom stereocenters. The maximum absolute atomic E-state index is 14.6. The average molecular weight is 852 g/mol. The van der Waals surface area contributed by atoms with Gasteiger partial charge in [-0.05, 0) is 96.7 Å². The van der Waals surface area contributed by atoms with E-state index in [-0.39, 0.29) is 31.2 Å². The van der Waals surface area contributed by atoms with Gasteiger partial charge in [-0.25, -0.2) is 5.43 Å². The highest BCUT2D eigenvalue weighted by molar-refractivity contribution is 5.96. The Labute approximate surface area is 363 Å². The summed E-state index contributed by atoms with van der Waals surface area (Å²) in [5.41, 5.74) is 14.6. The maximum atomic E-state index is 14.6. The van der Waals surface area contributed by atoms with Crippen molar-refractivity contribution in [3.63, 3.8) is 0 Å². The minimum atomic E-state index is -1.54. The van der Waals surface area contributed by atoms with E-state index in [1.807, 2.05) is 38.2 Å². The summed E-state index contributed by atoms with van der Waals surface area (Å²) in [5, 5.41) is 16.6. The van der Waals surface area contributed by atoms with Crippen molar-refractivity contribution in [3.05, 3.63) is 71.5 Å². The van der Waals surface area contributed by atoms with Gasteiger partial charge in [-0.2, -0.15) is 0 Å². The number of nitrogens with two attached hydrogens (primary N) is 1. The van der Waals surface area contributed by atoms with Gasteiger partial charge in [0.2, 0.25) is 5.91 Å². The van der Waals surface area contributed by atoms with E-state index in [1.54, 1.807) is 25.4 Å². The third-order valence-corrected chi connectivity index (χ3v) is 12.4. The van der Waals surface area contributed by atoms with Gasteiger partial charge in [0.15, 0.2) is 5.72 Å². The van der Waals surface area contributed by atoms with Crippen molar-refractivity contribution in [1.82, 2.24) is 30.2 Å². The van der Waals surface area contributed by atoms with E-state index in [4.69, 9.17) is 19.9 Å². The number of phenolic OH excluding ortho intramolecular Hbond substituents is 1. The zero-order valence-electron chi connectivity index (χ0n) is 37.0. The monoisotopic (exact) mass is 851 g/mol. The number of fused-ring (bicyclic) bond motifs is 6. The molecule has 2 saturated heterocycles. The summed E-state index contributed by atoms with van der Waals surface area (Å²) in [6.45, 7) is 11.7. The number of aromatic nitrogens is 2. The van der Waals surface area contributed by atoms with E-state index in [0.717, 1.165) is 44.4 Å². The second-order valence-corrected chi connectivity index (χ2v) is 18.1. The lowest BCUT2D eigenvalue weighted by Crippen LogP contribution is -2.63. The number of aryl methyl sites for hydroxylation is 1. The zero-order valence-corrected chi connectivity index (χ0v) is 37.0. The number of phenols is 1. The van der Waals surface area contributed by atoms with Crippen LogP contribution in [0.15, 0.2) is 54.9 Å². The van der Waals surface area contributed by atoms with E-state index in [1.165, 1.54) is 17.0 Å². The summed E-state index contributed by atoms with van der Waals surface area (Å²) in [6.07, 6.45) is 6.09. The van der Waals surface area contributed by atoms with Gasteiger partial charge in [-0.1, -0.05) is 39.8 Å². The summed E-state index contributed by atoms with van der Waals surface area (Å²) in [7, 11) is 3.20. The topological polar surface area (TPSA) is 191 Å². The number of hydrogen-bond acceptors (Lipinski definition) is 11. The first-order valence-electron chi connectivity index (χ1n) is 21.7. The van der Waals surface area contributed by atoms with Crippen LogP contribution in [0.2, 0.25) is 0 Å². The molecular formula is C47H61N7O8. The molecule has 4 aromatic rings. The van der Waals surface area contributed by atoms with Crippen molar-refractivity contribution in [3.8, 4) is 28.1 Å². The molecule has 2 aromatic heterocycles. The molecule has 332 valence electrons. The minimum absolute atomic E-state index is 0.00694. The molecule has 5 heterocycles. The Morgan fingerprint density at radius 2 is 1.92 bits per heavy atom. The molecule has 3 amide bonds.